The molecule has 0 radical (unpaired) electrons. The summed E-state index contributed by atoms with van der Waals surface area (Å²) in [5, 5.41) is 12.3. The topological polar surface area (TPSA) is 75.3 Å². The Bertz CT molecular complexity index is 457. The van der Waals surface area contributed by atoms with Crippen molar-refractivity contribution in [1.82, 2.24) is 5.32 Å². The Kier molecular flexibility index (Phi) is 5.34. The minimum atomic E-state index is -1.30. The maximum Gasteiger partial charge on any atom is 0.247 e. The van der Waals surface area contributed by atoms with Gasteiger partial charge in [0.1, 0.15) is 11.9 Å². The summed E-state index contributed by atoms with van der Waals surface area (Å²) in [5.74, 6) is -1.41. The minimum Gasteiger partial charge on any atom is -0.382 e. The molecule has 4 nitrogen and oxygen atoms in total. The number of nitrogens with two attached hydrogens (primary N) is 1. The quantitative estimate of drug-likeness (QED) is 0.723. The van der Waals surface area contributed by atoms with Gasteiger partial charge in [0.2, 0.25) is 5.91 Å². The summed E-state index contributed by atoms with van der Waals surface area (Å²) in [6.45, 7) is 1.67. The van der Waals surface area contributed by atoms with E-state index in [0.717, 1.165) is 0 Å². The Morgan fingerprint density at radius 1 is 1.50 bits per heavy atom. The molecule has 0 aromatic heterocycles. The van der Waals surface area contributed by atoms with Gasteiger partial charge in [0.05, 0.1) is 5.02 Å². The fraction of sp³-hybridized carbons (Fsp3) is 0.364. The Hall–Kier alpha value is -0.880. The number of carbonyl (C=O) groups excluding carboxylic acids is 1. The lowest BCUT2D eigenvalue weighted by atomic mass is 10.1. The summed E-state index contributed by atoms with van der Waals surface area (Å²) in [6, 6.07) is 2.15. The lowest BCUT2D eigenvalue weighted by molar-refractivity contribution is -0.125. The standard InChI is InChI=1S/C11H13Cl2FN2O2/c1-5(16-4-10(17)11(15)18)6-2-9(14)8(13)3-7(6)12/h2-3,5,10,16-17H,4H2,1H3,(H2,15,18). The Morgan fingerprint density at radius 3 is 2.67 bits per heavy atom. The zero-order chi connectivity index (χ0) is 13.9. The van der Waals surface area contributed by atoms with E-state index in [4.69, 9.17) is 28.9 Å². The highest BCUT2D eigenvalue weighted by molar-refractivity contribution is 6.35. The second-order valence-corrected chi connectivity index (χ2v) is 4.65. The number of aliphatic hydroxyl groups is 1. The van der Waals surface area contributed by atoms with E-state index in [2.05, 4.69) is 5.32 Å². The van der Waals surface area contributed by atoms with Crippen LogP contribution in [-0.4, -0.2) is 23.7 Å². The van der Waals surface area contributed by atoms with Crippen molar-refractivity contribution >= 4 is 29.1 Å². The molecule has 1 aromatic rings. The third-order valence-electron chi connectivity index (χ3n) is 2.45. The van der Waals surface area contributed by atoms with Gasteiger partial charge in [0, 0.05) is 17.6 Å². The van der Waals surface area contributed by atoms with Crippen molar-refractivity contribution < 1.29 is 14.3 Å². The molecule has 18 heavy (non-hydrogen) atoms. The van der Waals surface area contributed by atoms with Crippen LogP contribution in [0.3, 0.4) is 0 Å². The lowest BCUT2D eigenvalue weighted by Gasteiger charge is -2.17. The highest BCUT2D eigenvalue weighted by Gasteiger charge is 2.16. The van der Waals surface area contributed by atoms with Gasteiger partial charge in [-0.25, -0.2) is 4.39 Å². The number of hydrogen-bond acceptors (Lipinski definition) is 3. The maximum atomic E-state index is 13.3. The smallest absolute Gasteiger partial charge is 0.247 e. The Balaban J connectivity index is 2.75. The second kappa shape index (κ2) is 6.33. The molecule has 2 unspecified atom stereocenters. The van der Waals surface area contributed by atoms with E-state index in [1.807, 2.05) is 0 Å². The molecule has 1 amide bonds. The molecule has 0 aliphatic carbocycles. The summed E-state index contributed by atoms with van der Waals surface area (Å²) in [5.41, 5.74) is 5.38. The fourth-order valence-electron chi connectivity index (χ4n) is 1.37. The van der Waals surface area contributed by atoms with Gasteiger partial charge >= 0.3 is 0 Å². The second-order valence-electron chi connectivity index (χ2n) is 3.84. The van der Waals surface area contributed by atoms with E-state index < -0.39 is 17.8 Å². The van der Waals surface area contributed by atoms with Crippen molar-refractivity contribution in [3.8, 4) is 0 Å². The van der Waals surface area contributed by atoms with Crippen LogP contribution in [-0.2, 0) is 4.79 Å². The van der Waals surface area contributed by atoms with Gasteiger partial charge in [-0.3, -0.25) is 4.79 Å². The predicted octanol–water partition coefficient (Wildman–Crippen LogP) is 1.63. The van der Waals surface area contributed by atoms with Crippen molar-refractivity contribution in [3.63, 3.8) is 0 Å². The molecule has 0 saturated carbocycles. The first kappa shape index (κ1) is 15.2. The van der Waals surface area contributed by atoms with Gasteiger partial charge in [0.25, 0.3) is 0 Å². The van der Waals surface area contributed by atoms with Gasteiger partial charge in [-0.05, 0) is 24.6 Å². The molecule has 1 rings (SSSR count). The fourth-order valence-corrected chi connectivity index (χ4v) is 1.92. The summed E-state index contributed by atoms with van der Waals surface area (Å²) in [6.07, 6.45) is -1.30. The Labute approximate surface area is 114 Å². The van der Waals surface area contributed by atoms with Crippen molar-refractivity contribution in [2.45, 2.75) is 19.1 Å². The van der Waals surface area contributed by atoms with Gasteiger partial charge < -0.3 is 16.2 Å². The number of halogens is 3. The van der Waals surface area contributed by atoms with Crippen LogP contribution in [0.2, 0.25) is 10.0 Å². The van der Waals surface area contributed by atoms with Crippen LogP contribution >= 0.6 is 23.2 Å². The van der Waals surface area contributed by atoms with Crippen LogP contribution < -0.4 is 11.1 Å². The summed E-state index contributed by atoms with van der Waals surface area (Å²) < 4.78 is 13.3. The molecule has 0 fully saturated rings. The summed E-state index contributed by atoms with van der Waals surface area (Å²) >= 11 is 11.5. The molecule has 0 bridgehead atoms. The van der Waals surface area contributed by atoms with Gasteiger partial charge in [-0.1, -0.05) is 23.2 Å². The van der Waals surface area contributed by atoms with Crippen molar-refractivity contribution in [2.75, 3.05) is 6.54 Å². The van der Waals surface area contributed by atoms with Crippen molar-refractivity contribution in [1.29, 1.82) is 0 Å². The molecule has 0 spiro atoms. The maximum absolute atomic E-state index is 13.3. The number of hydrogen-bond donors (Lipinski definition) is 3. The largest absolute Gasteiger partial charge is 0.382 e. The third kappa shape index (κ3) is 3.81. The number of primary amides is 1. The van der Waals surface area contributed by atoms with E-state index in [1.54, 1.807) is 6.92 Å². The van der Waals surface area contributed by atoms with E-state index in [9.17, 15) is 14.3 Å². The molecule has 7 heteroatoms. The van der Waals surface area contributed by atoms with Crippen LogP contribution in [0, 0.1) is 5.82 Å². The molecule has 0 heterocycles. The Morgan fingerprint density at radius 2 is 2.11 bits per heavy atom. The third-order valence-corrected chi connectivity index (χ3v) is 3.07. The van der Waals surface area contributed by atoms with Crippen LogP contribution in [0.15, 0.2) is 12.1 Å². The molecule has 0 saturated heterocycles. The number of nitrogens with one attached hydrogen (secondary N) is 1. The zero-order valence-electron chi connectivity index (χ0n) is 9.58. The van der Waals surface area contributed by atoms with E-state index in [-0.39, 0.29) is 17.6 Å². The SMILES string of the molecule is CC(NCC(O)C(N)=O)c1cc(F)c(Cl)cc1Cl. The predicted molar refractivity (Wildman–Crippen MR) is 68.0 cm³/mol. The van der Waals surface area contributed by atoms with Gasteiger partial charge in [-0.2, -0.15) is 0 Å². The molecule has 2 atom stereocenters. The highest BCUT2D eigenvalue weighted by atomic mass is 35.5. The molecule has 0 aliphatic rings. The monoisotopic (exact) mass is 294 g/mol. The molecule has 1 aromatic carbocycles. The molecular formula is C11H13Cl2FN2O2. The molecule has 100 valence electrons. The van der Waals surface area contributed by atoms with E-state index in [0.29, 0.717) is 10.6 Å². The molecule has 4 N–H and O–H groups in total. The number of aliphatic hydroxyl groups excluding tert-OH is 1. The van der Waals surface area contributed by atoms with Gasteiger partial charge in [-0.15, -0.1) is 0 Å². The van der Waals surface area contributed by atoms with Crippen molar-refractivity contribution in [2.24, 2.45) is 5.73 Å². The highest BCUT2D eigenvalue weighted by Crippen LogP contribution is 2.28. The van der Waals surface area contributed by atoms with Crippen LogP contribution in [0.1, 0.15) is 18.5 Å². The van der Waals surface area contributed by atoms with E-state index >= 15 is 0 Å². The average molecular weight is 295 g/mol. The number of amides is 1. The number of carbonyl (C=O) groups is 1. The van der Waals surface area contributed by atoms with Gasteiger partial charge in [0.15, 0.2) is 0 Å². The molecule has 0 aliphatic heterocycles. The number of rotatable bonds is 5. The van der Waals surface area contributed by atoms with E-state index in [1.165, 1.54) is 12.1 Å². The van der Waals surface area contributed by atoms with Crippen LogP contribution in [0.5, 0.6) is 0 Å². The average Bonchev–Trinajstić information content (AvgIpc) is 2.30. The van der Waals surface area contributed by atoms with Crippen LogP contribution in [0.25, 0.3) is 0 Å². The number of benzene rings is 1. The minimum absolute atomic E-state index is 0.0446. The van der Waals surface area contributed by atoms with Crippen LogP contribution in [0.4, 0.5) is 4.39 Å². The first-order chi connectivity index (χ1) is 8.32. The summed E-state index contributed by atoms with van der Waals surface area (Å²) in [4.78, 5) is 10.6. The van der Waals surface area contributed by atoms with Crippen molar-refractivity contribution in [3.05, 3.63) is 33.6 Å². The lowest BCUT2D eigenvalue weighted by Crippen LogP contribution is -2.38. The molecular weight excluding hydrogens is 282 g/mol. The summed E-state index contributed by atoms with van der Waals surface area (Å²) in [7, 11) is 0. The first-order valence-corrected chi connectivity index (χ1v) is 5.93. The zero-order valence-corrected chi connectivity index (χ0v) is 11.1. The normalized spacial score (nSPS) is 14.3. The first-order valence-electron chi connectivity index (χ1n) is 5.18.